The van der Waals surface area contributed by atoms with Gasteiger partial charge in [-0.2, -0.15) is 5.10 Å². The van der Waals surface area contributed by atoms with Gasteiger partial charge in [-0.3, -0.25) is 5.10 Å². The van der Waals surface area contributed by atoms with E-state index in [2.05, 4.69) is 20.8 Å². The second kappa shape index (κ2) is 5.33. The fourth-order valence-corrected chi connectivity index (χ4v) is 1.48. The number of anilines is 2. The summed E-state index contributed by atoms with van der Waals surface area (Å²) in [5.41, 5.74) is 8.09. The van der Waals surface area contributed by atoms with Crippen LogP contribution in [0.5, 0.6) is 0 Å². The molecule has 0 saturated carbocycles. The second-order valence-corrected chi connectivity index (χ2v) is 3.98. The summed E-state index contributed by atoms with van der Waals surface area (Å²) in [6, 6.07) is 7.07. The average Bonchev–Trinajstić information content (AvgIpc) is 2.82. The van der Waals surface area contributed by atoms with E-state index in [1.807, 2.05) is 31.2 Å². The van der Waals surface area contributed by atoms with Crippen molar-refractivity contribution in [2.75, 3.05) is 10.6 Å². The number of hydrogen-bond donors (Lipinski definition) is 4. The van der Waals surface area contributed by atoms with E-state index in [4.69, 9.17) is 5.73 Å². The van der Waals surface area contributed by atoms with Crippen LogP contribution < -0.4 is 16.4 Å². The maximum absolute atomic E-state index is 11.6. The maximum Gasteiger partial charge on any atom is 0.323 e. The Morgan fingerprint density at radius 3 is 2.50 bits per heavy atom. The first-order valence-electron chi connectivity index (χ1n) is 5.57. The number of aromatic nitrogens is 2. The molecule has 1 unspecified atom stereocenters. The smallest absolute Gasteiger partial charge is 0.323 e. The summed E-state index contributed by atoms with van der Waals surface area (Å²) in [4.78, 5) is 11.6. The summed E-state index contributed by atoms with van der Waals surface area (Å²) in [6.45, 7) is 1.91. The number of nitrogens with one attached hydrogen (secondary N) is 3. The number of hydrogen-bond acceptors (Lipinski definition) is 3. The van der Waals surface area contributed by atoms with Gasteiger partial charge in [0.2, 0.25) is 0 Å². The lowest BCUT2D eigenvalue weighted by Gasteiger charge is -2.08. The van der Waals surface area contributed by atoms with Gasteiger partial charge in [-0.25, -0.2) is 4.79 Å². The van der Waals surface area contributed by atoms with Crippen molar-refractivity contribution in [1.82, 2.24) is 10.2 Å². The van der Waals surface area contributed by atoms with Crippen LogP contribution in [0.15, 0.2) is 36.7 Å². The third kappa shape index (κ3) is 3.08. The molecule has 0 radical (unpaired) electrons. The predicted octanol–water partition coefficient (Wildman–Crippen LogP) is 2.07. The van der Waals surface area contributed by atoms with Crippen LogP contribution in [0, 0.1) is 0 Å². The van der Waals surface area contributed by atoms with Crippen molar-refractivity contribution in [3.8, 4) is 0 Å². The van der Waals surface area contributed by atoms with Crippen molar-refractivity contribution in [1.29, 1.82) is 0 Å². The van der Waals surface area contributed by atoms with E-state index in [0.29, 0.717) is 11.4 Å². The van der Waals surface area contributed by atoms with Crippen LogP contribution in [0.1, 0.15) is 18.5 Å². The van der Waals surface area contributed by atoms with Crippen molar-refractivity contribution < 1.29 is 4.79 Å². The van der Waals surface area contributed by atoms with E-state index in [9.17, 15) is 4.79 Å². The minimum atomic E-state index is -0.315. The molecule has 2 amide bonds. The highest BCUT2D eigenvalue weighted by molar-refractivity contribution is 5.99. The predicted molar refractivity (Wildman–Crippen MR) is 70.3 cm³/mol. The topological polar surface area (TPSA) is 95.8 Å². The molecule has 0 saturated heterocycles. The van der Waals surface area contributed by atoms with E-state index in [-0.39, 0.29) is 12.1 Å². The largest absolute Gasteiger partial charge is 0.324 e. The zero-order chi connectivity index (χ0) is 13.0. The first-order valence-corrected chi connectivity index (χ1v) is 5.57. The molecule has 0 aliphatic rings. The van der Waals surface area contributed by atoms with E-state index < -0.39 is 0 Å². The molecule has 0 spiro atoms. The summed E-state index contributed by atoms with van der Waals surface area (Å²) in [5, 5.41) is 11.7. The zero-order valence-electron chi connectivity index (χ0n) is 9.97. The highest BCUT2D eigenvalue weighted by Crippen LogP contribution is 2.14. The third-order valence-corrected chi connectivity index (χ3v) is 2.45. The highest BCUT2D eigenvalue weighted by atomic mass is 16.2. The molecule has 2 rings (SSSR count). The lowest BCUT2D eigenvalue weighted by atomic mass is 10.1. The van der Waals surface area contributed by atoms with E-state index in [1.165, 1.54) is 6.20 Å². The first kappa shape index (κ1) is 12.1. The molecule has 0 bridgehead atoms. The number of urea groups is 1. The van der Waals surface area contributed by atoms with Gasteiger partial charge < -0.3 is 16.4 Å². The van der Waals surface area contributed by atoms with Crippen molar-refractivity contribution >= 4 is 17.4 Å². The third-order valence-electron chi connectivity index (χ3n) is 2.45. The van der Waals surface area contributed by atoms with Crippen LogP contribution in [0.3, 0.4) is 0 Å². The Hall–Kier alpha value is -2.34. The molecule has 18 heavy (non-hydrogen) atoms. The Kier molecular flexibility index (Phi) is 3.59. The van der Waals surface area contributed by atoms with Gasteiger partial charge in [0.25, 0.3) is 0 Å². The lowest BCUT2D eigenvalue weighted by Crippen LogP contribution is -2.19. The number of amides is 2. The van der Waals surface area contributed by atoms with Gasteiger partial charge in [-0.15, -0.1) is 0 Å². The summed E-state index contributed by atoms with van der Waals surface area (Å²) >= 11 is 0. The number of nitrogens with two attached hydrogens (primary N) is 1. The maximum atomic E-state index is 11.6. The van der Waals surface area contributed by atoms with Gasteiger partial charge in [-0.05, 0) is 24.6 Å². The lowest BCUT2D eigenvalue weighted by molar-refractivity contribution is 0.262. The zero-order valence-corrected chi connectivity index (χ0v) is 9.97. The van der Waals surface area contributed by atoms with Gasteiger partial charge in [0, 0.05) is 17.9 Å². The molecule has 1 atom stereocenters. The van der Waals surface area contributed by atoms with Crippen molar-refractivity contribution in [2.24, 2.45) is 5.73 Å². The van der Waals surface area contributed by atoms with E-state index >= 15 is 0 Å². The molecule has 0 aliphatic carbocycles. The summed E-state index contributed by atoms with van der Waals surface area (Å²) < 4.78 is 0. The van der Waals surface area contributed by atoms with Crippen molar-refractivity contribution in [3.63, 3.8) is 0 Å². The highest BCUT2D eigenvalue weighted by Gasteiger charge is 2.04. The molecular weight excluding hydrogens is 230 g/mol. The molecule has 1 heterocycles. The molecule has 6 heteroatoms. The quantitative estimate of drug-likeness (QED) is 0.666. The number of nitrogens with zero attached hydrogens (tertiary/aromatic N) is 1. The van der Waals surface area contributed by atoms with Crippen LogP contribution >= 0.6 is 0 Å². The van der Waals surface area contributed by atoms with Crippen molar-refractivity contribution in [2.45, 2.75) is 13.0 Å². The number of carbonyl (C=O) groups is 1. The van der Waals surface area contributed by atoms with Gasteiger partial charge in [-0.1, -0.05) is 12.1 Å². The Morgan fingerprint density at radius 1 is 1.28 bits per heavy atom. The summed E-state index contributed by atoms with van der Waals surface area (Å²) in [6.07, 6.45) is 3.12. The molecule has 94 valence electrons. The average molecular weight is 245 g/mol. The van der Waals surface area contributed by atoms with Gasteiger partial charge >= 0.3 is 6.03 Å². The molecule has 5 N–H and O–H groups in total. The van der Waals surface area contributed by atoms with Gasteiger partial charge in [0.05, 0.1) is 11.9 Å². The first-order chi connectivity index (χ1) is 8.65. The molecule has 0 aliphatic heterocycles. The molecular formula is C12H15N5O. The van der Waals surface area contributed by atoms with Crippen LogP contribution in [-0.2, 0) is 0 Å². The second-order valence-electron chi connectivity index (χ2n) is 3.98. The summed E-state index contributed by atoms with van der Waals surface area (Å²) in [5.74, 6) is 0. The van der Waals surface area contributed by atoms with Crippen molar-refractivity contribution in [3.05, 3.63) is 42.2 Å². The van der Waals surface area contributed by atoms with Crippen LogP contribution in [0.25, 0.3) is 0 Å². The Balaban J connectivity index is 1.95. The van der Waals surface area contributed by atoms with E-state index in [0.717, 1.165) is 5.56 Å². The Labute approximate surface area is 105 Å². The fraction of sp³-hybridized carbons (Fsp3) is 0.167. The van der Waals surface area contributed by atoms with Gasteiger partial charge in [0.1, 0.15) is 0 Å². The Morgan fingerprint density at radius 2 is 1.94 bits per heavy atom. The Bertz CT molecular complexity index is 504. The molecule has 1 aromatic heterocycles. The number of carbonyl (C=O) groups excluding carboxylic acids is 1. The van der Waals surface area contributed by atoms with Crippen LogP contribution in [0.2, 0.25) is 0 Å². The molecule has 0 fully saturated rings. The minimum Gasteiger partial charge on any atom is -0.324 e. The molecule has 1 aromatic carbocycles. The summed E-state index contributed by atoms with van der Waals surface area (Å²) in [7, 11) is 0. The van der Waals surface area contributed by atoms with Crippen LogP contribution in [-0.4, -0.2) is 16.2 Å². The molecule has 2 aromatic rings. The molecule has 6 nitrogen and oxygen atoms in total. The fourth-order valence-electron chi connectivity index (χ4n) is 1.48. The monoisotopic (exact) mass is 245 g/mol. The van der Waals surface area contributed by atoms with E-state index in [1.54, 1.807) is 6.20 Å². The number of H-pyrrole nitrogens is 1. The number of benzene rings is 1. The van der Waals surface area contributed by atoms with Gasteiger partial charge in [0.15, 0.2) is 0 Å². The standard InChI is InChI=1S/C12H15N5O/c1-8(13)9-2-4-10(5-3-9)16-12(18)17-11-6-14-15-7-11/h2-8H,13H2,1H3,(H,14,15)(H2,16,17,18). The number of aromatic amines is 1. The normalized spacial score (nSPS) is 11.9. The van der Waals surface area contributed by atoms with Crippen LogP contribution in [0.4, 0.5) is 16.2 Å². The number of rotatable bonds is 3. The SMILES string of the molecule is CC(N)c1ccc(NC(=O)Nc2cn[nH]c2)cc1. The minimum absolute atomic E-state index is 0.0150.